The van der Waals surface area contributed by atoms with Crippen molar-refractivity contribution >= 4 is 28.4 Å². The molecule has 3 rings (SSSR count). The Morgan fingerprint density at radius 3 is 2.68 bits per heavy atom. The fourth-order valence-corrected chi connectivity index (χ4v) is 3.36. The number of hydrogen-bond donors (Lipinski definition) is 0. The number of carbonyl (C=O) groups is 1. The Bertz CT molecular complexity index is 1030. The third kappa shape index (κ3) is 3.32. The van der Waals surface area contributed by atoms with Crippen LogP contribution in [0.3, 0.4) is 0 Å². The molecule has 0 aliphatic rings. The summed E-state index contributed by atoms with van der Waals surface area (Å²) >= 11 is 1.03. The van der Waals surface area contributed by atoms with Gasteiger partial charge in [-0.2, -0.15) is 0 Å². The van der Waals surface area contributed by atoms with E-state index in [-0.39, 0.29) is 11.1 Å². The normalized spacial score (nSPS) is 12.3. The van der Waals surface area contributed by atoms with Crippen molar-refractivity contribution < 1.29 is 13.6 Å². The summed E-state index contributed by atoms with van der Waals surface area (Å²) in [7, 11) is 1.56. The lowest BCUT2D eigenvalue weighted by Gasteiger charge is -2.13. The number of nitrogens with zero attached hydrogens (tertiary/aromatic N) is 2. The Hall–Kier alpha value is -2.54. The molecule has 128 valence electrons. The van der Waals surface area contributed by atoms with E-state index in [2.05, 4.69) is 4.98 Å². The average Bonchev–Trinajstić information content (AvgIpc) is 2.60. The average molecular weight is 360 g/mol. The van der Waals surface area contributed by atoms with Crippen molar-refractivity contribution in [2.24, 2.45) is 7.05 Å². The molecule has 0 bridgehead atoms. The number of hydrogen-bond acceptors (Lipinski definition) is 4. The van der Waals surface area contributed by atoms with Gasteiger partial charge in [0.05, 0.1) is 21.7 Å². The first-order chi connectivity index (χ1) is 11.9. The lowest BCUT2D eigenvalue weighted by atomic mass is 10.1. The smallest absolute Gasteiger partial charge is 0.261 e. The quantitative estimate of drug-likeness (QED) is 0.405. The second kappa shape index (κ2) is 6.76. The van der Waals surface area contributed by atoms with Crippen LogP contribution in [-0.4, -0.2) is 20.6 Å². The Morgan fingerprint density at radius 1 is 1.20 bits per heavy atom. The molecular formula is C18H14F2N2O2S. The predicted octanol–water partition coefficient (Wildman–Crippen LogP) is 3.58. The second-order valence-electron chi connectivity index (χ2n) is 5.52. The summed E-state index contributed by atoms with van der Waals surface area (Å²) in [5.41, 5.74) is -0.0276. The molecule has 1 heterocycles. The maximum absolute atomic E-state index is 13.8. The lowest BCUT2D eigenvalue weighted by molar-refractivity contribution is 0.0989. The molecule has 0 fully saturated rings. The summed E-state index contributed by atoms with van der Waals surface area (Å²) in [6.07, 6.45) is 0. The molecule has 7 heteroatoms. The minimum Gasteiger partial charge on any atom is -0.293 e. The molecule has 25 heavy (non-hydrogen) atoms. The fraction of sp³-hybridized carbons (Fsp3) is 0.167. The minimum absolute atomic E-state index is 0.232. The SMILES string of the molecule is CC(Sc1nc2ccccc2c(=O)n1C)C(=O)c1cc(F)ccc1F. The summed E-state index contributed by atoms with van der Waals surface area (Å²) in [6.45, 7) is 1.57. The standard InChI is InChI=1S/C18H14F2N2O2S/c1-10(16(23)13-9-11(19)7-8-14(13)20)25-18-21-15-6-4-3-5-12(15)17(24)22(18)2/h3-10H,1-2H3. The van der Waals surface area contributed by atoms with Gasteiger partial charge < -0.3 is 0 Å². The molecule has 2 aromatic carbocycles. The van der Waals surface area contributed by atoms with E-state index in [9.17, 15) is 18.4 Å². The molecule has 0 saturated carbocycles. The number of aromatic nitrogens is 2. The van der Waals surface area contributed by atoms with Gasteiger partial charge in [-0.05, 0) is 37.3 Å². The number of thioether (sulfide) groups is 1. The third-order valence-corrected chi connectivity index (χ3v) is 4.93. The van der Waals surface area contributed by atoms with Crippen molar-refractivity contribution in [3.63, 3.8) is 0 Å². The number of ketones is 1. The van der Waals surface area contributed by atoms with E-state index in [1.807, 2.05) is 0 Å². The van der Waals surface area contributed by atoms with Crippen molar-refractivity contribution in [1.82, 2.24) is 9.55 Å². The van der Waals surface area contributed by atoms with Crippen LogP contribution >= 0.6 is 11.8 Å². The van der Waals surface area contributed by atoms with Gasteiger partial charge in [0.1, 0.15) is 11.6 Å². The highest BCUT2D eigenvalue weighted by Crippen LogP contribution is 2.25. The van der Waals surface area contributed by atoms with Gasteiger partial charge in [-0.1, -0.05) is 23.9 Å². The predicted molar refractivity (Wildman–Crippen MR) is 93.0 cm³/mol. The van der Waals surface area contributed by atoms with E-state index in [0.29, 0.717) is 16.1 Å². The molecule has 0 radical (unpaired) electrons. The molecule has 0 aliphatic heterocycles. The van der Waals surface area contributed by atoms with Crippen molar-refractivity contribution in [2.45, 2.75) is 17.3 Å². The molecule has 0 aliphatic carbocycles. The topological polar surface area (TPSA) is 52.0 Å². The van der Waals surface area contributed by atoms with Gasteiger partial charge in [-0.15, -0.1) is 0 Å². The monoisotopic (exact) mass is 360 g/mol. The van der Waals surface area contributed by atoms with E-state index in [4.69, 9.17) is 0 Å². The Kier molecular flexibility index (Phi) is 4.67. The van der Waals surface area contributed by atoms with Crippen LogP contribution in [0, 0.1) is 11.6 Å². The molecule has 4 nitrogen and oxygen atoms in total. The molecule has 0 spiro atoms. The highest BCUT2D eigenvalue weighted by atomic mass is 32.2. The van der Waals surface area contributed by atoms with E-state index < -0.39 is 22.7 Å². The number of Topliss-reactive ketones (excluding diaryl/α,β-unsaturated/α-hetero) is 1. The minimum atomic E-state index is -0.779. The van der Waals surface area contributed by atoms with Crippen molar-refractivity contribution in [3.8, 4) is 0 Å². The lowest BCUT2D eigenvalue weighted by Crippen LogP contribution is -2.22. The number of benzene rings is 2. The van der Waals surface area contributed by atoms with Crippen LogP contribution in [0.2, 0.25) is 0 Å². The van der Waals surface area contributed by atoms with E-state index in [0.717, 1.165) is 30.0 Å². The molecular weight excluding hydrogens is 346 g/mol. The van der Waals surface area contributed by atoms with E-state index in [1.165, 1.54) is 4.57 Å². The summed E-state index contributed by atoms with van der Waals surface area (Å²) in [5.74, 6) is -2.03. The first kappa shape index (κ1) is 17.3. The van der Waals surface area contributed by atoms with Gasteiger partial charge in [0.2, 0.25) is 0 Å². The highest BCUT2D eigenvalue weighted by Gasteiger charge is 2.22. The van der Waals surface area contributed by atoms with Crippen LogP contribution in [0.15, 0.2) is 52.4 Å². The maximum Gasteiger partial charge on any atom is 0.261 e. The molecule has 0 amide bonds. The summed E-state index contributed by atoms with van der Waals surface area (Å²) in [4.78, 5) is 29.2. The number of carbonyl (C=O) groups excluding carboxylic acids is 1. The van der Waals surface area contributed by atoms with Gasteiger partial charge in [0.15, 0.2) is 10.9 Å². The fourth-order valence-electron chi connectivity index (χ4n) is 2.42. The van der Waals surface area contributed by atoms with Crippen LogP contribution in [-0.2, 0) is 7.05 Å². The van der Waals surface area contributed by atoms with Crippen molar-refractivity contribution in [3.05, 3.63) is 70.0 Å². The molecule has 1 unspecified atom stereocenters. The Morgan fingerprint density at radius 2 is 1.92 bits per heavy atom. The third-order valence-electron chi connectivity index (χ3n) is 3.79. The molecule has 0 N–H and O–H groups in total. The van der Waals surface area contributed by atoms with Gasteiger partial charge in [0, 0.05) is 7.05 Å². The maximum atomic E-state index is 13.8. The zero-order chi connectivity index (χ0) is 18.1. The second-order valence-corrected chi connectivity index (χ2v) is 6.83. The van der Waals surface area contributed by atoms with Crippen LogP contribution < -0.4 is 5.56 Å². The first-order valence-corrected chi connectivity index (χ1v) is 8.38. The number of fused-ring (bicyclic) bond motifs is 1. The van der Waals surface area contributed by atoms with Crippen LogP contribution in [0.25, 0.3) is 10.9 Å². The summed E-state index contributed by atoms with van der Waals surface area (Å²) in [5, 5.41) is 0.0708. The van der Waals surface area contributed by atoms with E-state index >= 15 is 0 Å². The van der Waals surface area contributed by atoms with Crippen LogP contribution in [0.5, 0.6) is 0 Å². The van der Waals surface area contributed by atoms with Crippen molar-refractivity contribution in [2.75, 3.05) is 0 Å². The van der Waals surface area contributed by atoms with Crippen LogP contribution in [0.4, 0.5) is 8.78 Å². The number of rotatable bonds is 4. The Balaban J connectivity index is 1.95. The first-order valence-electron chi connectivity index (χ1n) is 7.50. The number of halogens is 2. The molecule has 0 saturated heterocycles. The van der Waals surface area contributed by atoms with Gasteiger partial charge in [-0.3, -0.25) is 14.2 Å². The van der Waals surface area contributed by atoms with Gasteiger partial charge >= 0.3 is 0 Å². The van der Waals surface area contributed by atoms with Crippen LogP contribution in [0.1, 0.15) is 17.3 Å². The Labute approximate surface area is 146 Å². The highest BCUT2D eigenvalue weighted by molar-refractivity contribution is 8.00. The molecule has 1 aromatic heterocycles. The largest absolute Gasteiger partial charge is 0.293 e. The molecule has 3 aromatic rings. The number of para-hydroxylation sites is 1. The zero-order valence-electron chi connectivity index (χ0n) is 13.5. The van der Waals surface area contributed by atoms with Gasteiger partial charge in [0.25, 0.3) is 5.56 Å². The summed E-state index contributed by atoms with van der Waals surface area (Å²) < 4.78 is 28.5. The van der Waals surface area contributed by atoms with E-state index in [1.54, 1.807) is 38.2 Å². The zero-order valence-corrected chi connectivity index (χ0v) is 14.3. The molecule has 1 atom stereocenters. The summed E-state index contributed by atoms with van der Waals surface area (Å²) in [6, 6.07) is 9.65. The van der Waals surface area contributed by atoms with Crippen molar-refractivity contribution in [1.29, 1.82) is 0 Å². The van der Waals surface area contributed by atoms with Gasteiger partial charge in [-0.25, -0.2) is 13.8 Å².